The van der Waals surface area contributed by atoms with Crippen LogP contribution in [-0.2, 0) is 0 Å². The van der Waals surface area contributed by atoms with E-state index in [9.17, 15) is 43.5 Å². The highest BCUT2D eigenvalue weighted by molar-refractivity contribution is 6.13. The van der Waals surface area contributed by atoms with Gasteiger partial charge < -0.3 is 10.2 Å². The topological polar surface area (TPSA) is 190 Å². The average molecular weight is 650 g/mol. The van der Waals surface area contributed by atoms with E-state index < -0.39 is 23.5 Å². The van der Waals surface area contributed by atoms with E-state index >= 15 is 0 Å². The van der Waals surface area contributed by atoms with Crippen LogP contribution in [0.15, 0.2) is 66.7 Å². The van der Waals surface area contributed by atoms with Gasteiger partial charge in [-0.1, -0.05) is 24.3 Å². The van der Waals surface area contributed by atoms with Gasteiger partial charge in [-0.3, -0.25) is 28.8 Å². The summed E-state index contributed by atoms with van der Waals surface area (Å²) in [5.41, 5.74) is 2.88. The van der Waals surface area contributed by atoms with Crippen molar-refractivity contribution in [2.24, 2.45) is 0 Å². The van der Waals surface area contributed by atoms with Crippen molar-refractivity contribution >= 4 is 46.6 Å². The smallest absolute Gasteiger partial charge is 0.336 e. The van der Waals surface area contributed by atoms with E-state index in [2.05, 4.69) is 4.98 Å². The second-order valence-corrected chi connectivity index (χ2v) is 10.8. The van der Waals surface area contributed by atoms with Crippen molar-refractivity contribution < 1.29 is 48.6 Å². The highest BCUT2D eigenvalue weighted by Crippen LogP contribution is 2.27. The molecule has 0 radical (unpaired) electrons. The maximum atomic E-state index is 12.0. The third kappa shape index (κ3) is 8.13. The van der Waals surface area contributed by atoms with Gasteiger partial charge in [0.15, 0.2) is 34.7 Å². The Morgan fingerprint density at radius 2 is 0.708 bits per heavy atom. The molecule has 11 heteroatoms. The molecule has 1 aromatic heterocycles. The van der Waals surface area contributed by atoms with E-state index in [4.69, 9.17) is 5.11 Å². The summed E-state index contributed by atoms with van der Waals surface area (Å²) in [7, 11) is 0. The number of Topliss-reactive ketones (excluding diaryl/α,β-unsaturated/α-hetero) is 6. The Bertz CT molecular complexity index is 1870. The number of carboxylic acids is 2. The number of rotatable bonds is 10. The standard InChI is InChI=1S/C24H19NO5.C13H12O5/c1-13(26)18-9-7-16(11-20(18)14(2)27)22-5-4-6-23(25-22)17-8-10-19(24(29)30)21(12-17)15(3)28;1-6(14)9-4-11(8(3)16)12(13(17)18)5-10(9)7(2)15/h4-12H,1-3H3,(H,29,30);4-5H,1-3H3,(H,17,18). The molecule has 0 aliphatic carbocycles. The lowest BCUT2D eigenvalue weighted by atomic mass is 9.93. The van der Waals surface area contributed by atoms with Crippen LogP contribution in [0.3, 0.4) is 0 Å². The minimum absolute atomic E-state index is 0.0184. The van der Waals surface area contributed by atoms with Gasteiger partial charge in [-0.25, -0.2) is 14.6 Å². The van der Waals surface area contributed by atoms with Crippen LogP contribution in [0.5, 0.6) is 0 Å². The quantitative estimate of drug-likeness (QED) is 0.174. The summed E-state index contributed by atoms with van der Waals surface area (Å²) in [5, 5.41) is 18.3. The molecule has 0 fully saturated rings. The monoisotopic (exact) mass is 649 g/mol. The number of hydrogen-bond donors (Lipinski definition) is 2. The van der Waals surface area contributed by atoms with Crippen LogP contribution < -0.4 is 0 Å². The summed E-state index contributed by atoms with van der Waals surface area (Å²) >= 11 is 0. The summed E-state index contributed by atoms with van der Waals surface area (Å²) in [6.45, 7) is 7.83. The number of nitrogens with zero attached hydrogens (tertiary/aromatic N) is 1. The van der Waals surface area contributed by atoms with E-state index in [1.807, 2.05) is 0 Å². The summed E-state index contributed by atoms with van der Waals surface area (Å²) < 4.78 is 0. The van der Waals surface area contributed by atoms with Gasteiger partial charge >= 0.3 is 11.9 Å². The molecule has 48 heavy (non-hydrogen) atoms. The average Bonchev–Trinajstić information content (AvgIpc) is 3.03. The normalized spacial score (nSPS) is 10.3. The third-order valence-corrected chi connectivity index (χ3v) is 7.27. The van der Waals surface area contributed by atoms with E-state index in [0.717, 1.165) is 6.07 Å². The molecule has 0 atom stereocenters. The SMILES string of the molecule is CC(=O)c1cc(C(C)=O)c(C(=O)O)cc1C(C)=O.CC(=O)c1ccc(-c2cccc(-c3ccc(C(=O)O)c(C(C)=O)c3)n2)cc1C(C)=O. The van der Waals surface area contributed by atoms with Gasteiger partial charge in [-0.15, -0.1) is 0 Å². The van der Waals surface area contributed by atoms with Gasteiger partial charge in [-0.05, 0) is 84.0 Å². The molecule has 244 valence electrons. The lowest BCUT2D eigenvalue weighted by Gasteiger charge is -2.10. The Morgan fingerprint density at radius 3 is 1.08 bits per heavy atom. The molecule has 0 saturated heterocycles. The molecule has 11 nitrogen and oxygen atoms in total. The Labute approximate surface area is 275 Å². The highest BCUT2D eigenvalue weighted by atomic mass is 16.4. The number of carbonyl (C=O) groups excluding carboxylic acids is 6. The number of carbonyl (C=O) groups is 8. The fourth-order valence-corrected chi connectivity index (χ4v) is 4.89. The number of benzene rings is 3. The first-order valence-electron chi connectivity index (χ1n) is 14.4. The molecular weight excluding hydrogens is 618 g/mol. The van der Waals surface area contributed by atoms with Crippen molar-refractivity contribution in [2.75, 3.05) is 0 Å². The number of carboxylic acid groups (broad SMARTS) is 2. The minimum Gasteiger partial charge on any atom is -0.478 e. The maximum absolute atomic E-state index is 12.0. The molecule has 4 rings (SSSR count). The van der Waals surface area contributed by atoms with E-state index in [1.54, 1.807) is 42.5 Å². The van der Waals surface area contributed by atoms with Crippen LogP contribution in [0.25, 0.3) is 22.5 Å². The number of pyridine rings is 1. The number of aromatic carboxylic acids is 2. The van der Waals surface area contributed by atoms with Gasteiger partial charge in [0.1, 0.15) is 0 Å². The zero-order valence-corrected chi connectivity index (χ0v) is 27.0. The van der Waals surface area contributed by atoms with Gasteiger partial charge in [0, 0.05) is 44.5 Å². The second-order valence-electron chi connectivity index (χ2n) is 10.8. The molecule has 0 unspecified atom stereocenters. The Morgan fingerprint density at radius 1 is 0.396 bits per heavy atom. The summed E-state index contributed by atoms with van der Waals surface area (Å²) in [6, 6.07) is 17.0. The van der Waals surface area contributed by atoms with Crippen molar-refractivity contribution in [3.8, 4) is 22.5 Å². The molecule has 0 saturated carbocycles. The molecule has 0 bridgehead atoms. The summed E-state index contributed by atoms with van der Waals surface area (Å²) in [6.07, 6.45) is 0. The van der Waals surface area contributed by atoms with Crippen LogP contribution in [0.4, 0.5) is 0 Å². The number of aromatic nitrogens is 1. The van der Waals surface area contributed by atoms with Crippen molar-refractivity contribution in [2.45, 2.75) is 41.5 Å². The van der Waals surface area contributed by atoms with Gasteiger partial charge in [0.25, 0.3) is 0 Å². The zero-order valence-electron chi connectivity index (χ0n) is 27.0. The van der Waals surface area contributed by atoms with Crippen molar-refractivity contribution in [3.63, 3.8) is 0 Å². The number of hydrogen-bond acceptors (Lipinski definition) is 9. The molecule has 2 N–H and O–H groups in total. The lowest BCUT2D eigenvalue weighted by molar-refractivity contribution is 0.0683. The fraction of sp³-hybridized carbons (Fsp3) is 0.162. The van der Waals surface area contributed by atoms with Crippen LogP contribution in [-0.4, -0.2) is 61.8 Å². The van der Waals surface area contributed by atoms with Crippen molar-refractivity contribution in [1.82, 2.24) is 4.98 Å². The van der Waals surface area contributed by atoms with E-state index in [0.29, 0.717) is 33.6 Å². The largest absolute Gasteiger partial charge is 0.478 e. The minimum atomic E-state index is -1.31. The highest BCUT2D eigenvalue weighted by Gasteiger charge is 2.21. The molecule has 0 spiro atoms. The molecule has 0 amide bonds. The molecule has 1 heterocycles. The molecular formula is C37H31NO10. The first kappa shape index (κ1) is 36.2. The Kier molecular flexibility index (Phi) is 11.3. The van der Waals surface area contributed by atoms with Crippen molar-refractivity contribution in [1.29, 1.82) is 0 Å². The maximum Gasteiger partial charge on any atom is 0.336 e. The van der Waals surface area contributed by atoms with Crippen molar-refractivity contribution in [3.05, 3.63) is 111 Å². The second kappa shape index (κ2) is 14.9. The van der Waals surface area contributed by atoms with Crippen LogP contribution in [0, 0.1) is 0 Å². The summed E-state index contributed by atoms with van der Waals surface area (Å²) in [4.78, 5) is 96.8. The molecule has 4 aromatic rings. The first-order valence-corrected chi connectivity index (χ1v) is 14.4. The van der Waals surface area contributed by atoms with Crippen LogP contribution in [0.2, 0.25) is 0 Å². The predicted octanol–water partition coefficient (Wildman–Crippen LogP) is 6.71. The zero-order chi connectivity index (χ0) is 36.0. The van der Waals surface area contributed by atoms with E-state index in [-0.39, 0.29) is 56.5 Å². The van der Waals surface area contributed by atoms with E-state index in [1.165, 1.54) is 59.7 Å². The predicted molar refractivity (Wildman–Crippen MR) is 175 cm³/mol. The van der Waals surface area contributed by atoms with Gasteiger partial charge in [0.2, 0.25) is 0 Å². The van der Waals surface area contributed by atoms with Crippen LogP contribution >= 0.6 is 0 Å². The van der Waals surface area contributed by atoms with Crippen LogP contribution in [0.1, 0.15) is 124 Å². The number of ketones is 6. The molecule has 3 aromatic carbocycles. The lowest BCUT2D eigenvalue weighted by Crippen LogP contribution is -2.13. The molecule has 0 aliphatic heterocycles. The van der Waals surface area contributed by atoms with Gasteiger partial charge in [-0.2, -0.15) is 0 Å². The van der Waals surface area contributed by atoms with Gasteiger partial charge in [0.05, 0.1) is 22.5 Å². The molecule has 0 aliphatic rings. The summed E-state index contributed by atoms with van der Waals surface area (Å²) in [5.74, 6) is -4.51. The Balaban J connectivity index is 0.000000297. The first-order chi connectivity index (χ1) is 22.4. The third-order valence-electron chi connectivity index (χ3n) is 7.27. The Hall–Kier alpha value is -6.23. The fourth-order valence-electron chi connectivity index (χ4n) is 4.89.